The molecule has 0 saturated carbocycles. The van der Waals surface area contributed by atoms with Crippen molar-refractivity contribution in [2.45, 2.75) is 20.1 Å². The Kier molecular flexibility index (Phi) is 7.08. The van der Waals surface area contributed by atoms with Gasteiger partial charge in [-0.05, 0) is 13.0 Å². The molecule has 1 N–H and O–H groups in total. The molecule has 0 radical (unpaired) electrons. The van der Waals surface area contributed by atoms with Gasteiger partial charge >= 0.3 is 6.61 Å². The monoisotopic (exact) mass is 396 g/mol. The molecule has 0 heterocycles. The molecule has 0 aromatic heterocycles. The largest absolute Gasteiger partial charge is 0.493 e. The van der Waals surface area contributed by atoms with E-state index in [1.54, 1.807) is 13.0 Å². The van der Waals surface area contributed by atoms with Crippen LogP contribution < -0.4 is 19.5 Å². The van der Waals surface area contributed by atoms with Crippen molar-refractivity contribution < 1.29 is 32.7 Å². The van der Waals surface area contributed by atoms with Gasteiger partial charge in [-0.3, -0.25) is 14.9 Å². The molecule has 0 spiro atoms. The molecule has 1 amide bonds. The van der Waals surface area contributed by atoms with Gasteiger partial charge in [-0.25, -0.2) is 0 Å². The zero-order valence-corrected chi connectivity index (χ0v) is 15.1. The smallest absolute Gasteiger partial charge is 0.387 e. The number of hydrogen-bond donors (Lipinski definition) is 1. The van der Waals surface area contributed by atoms with Gasteiger partial charge in [0.2, 0.25) is 0 Å². The number of nitrogens with zero attached hydrogens (tertiary/aromatic N) is 1. The second-order valence-corrected chi connectivity index (χ2v) is 5.38. The van der Waals surface area contributed by atoms with Crippen LogP contribution in [-0.2, 0) is 6.54 Å². The zero-order valence-electron chi connectivity index (χ0n) is 15.1. The van der Waals surface area contributed by atoms with Gasteiger partial charge in [-0.2, -0.15) is 8.78 Å². The number of carbonyl (C=O) groups is 1. The molecule has 2 aromatic carbocycles. The van der Waals surface area contributed by atoms with Crippen molar-refractivity contribution in [3.63, 3.8) is 0 Å². The number of amides is 1. The highest BCUT2D eigenvalue weighted by atomic mass is 19.3. The van der Waals surface area contributed by atoms with E-state index in [9.17, 15) is 23.7 Å². The Balaban J connectivity index is 2.28. The first-order chi connectivity index (χ1) is 13.4. The van der Waals surface area contributed by atoms with Crippen LogP contribution in [0.1, 0.15) is 22.8 Å². The highest BCUT2D eigenvalue weighted by Crippen LogP contribution is 2.34. The topological polar surface area (TPSA) is 99.9 Å². The van der Waals surface area contributed by atoms with Gasteiger partial charge in [0, 0.05) is 18.2 Å². The molecule has 0 aliphatic carbocycles. The third-order valence-corrected chi connectivity index (χ3v) is 3.65. The normalized spacial score (nSPS) is 10.5. The highest BCUT2D eigenvalue weighted by molar-refractivity contribution is 5.99. The fourth-order valence-corrected chi connectivity index (χ4v) is 2.44. The molecule has 0 aliphatic heterocycles. The Bertz CT molecular complexity index is 860. The van der Waals surface area contributed by atoms with Crippen LogP contribution in [0.25, 0.3) is 0 Å². The van der Waals surface area contributed by atoms with Crippen LogP contribution >= 0.6 is 0 Å². The SMILES string of the molecule is CCOc1cc([N+](=O)[O-])c(C(=O)NCc2ccccc2OC(F)F)cc1OC. The molecule has 10 heteroatoms. The lowest BCUT2D eigenvalue weighted by atomic mass is 10.1. The number of alkyl halides is 2. The molecule has 0 bridgehead atoms. The average Bonchev–Trinajstić information content (AvgIpc) is 2.66. The number of rotatable bonds is 9. The lowest BCUT2D eigenvalue weighted by Crippen LogP contribution is -2.24. The van der Waals surface area contributed by atoms with Gasteiger partial charge in [-0.15, -0.1) is 0 Å². The Morgan fingerprint density at radius 3 is 2.54 bits per heavy atom. The maximum absolute atomic E-state index is 12.5. The van der Waals surface area contributed by atoms with Gasteiger partial charge in [0.25, 0.3) is 11.6 Å². The van der Waals surface area contributed by atoms with Crippen molar-refractivity contribution in [3.05, 3.63) is 57.6 Å². The molecule has 0 atom stereocenters. The number of methoxy groups -OCH3 is 1. The number of nitro benzene ring substituents is 1. The first-order valence-electron chi connectivity index (χ1n) is 8.17. The number of halogens is 2. The summed E-state index contributed by atoms with van der Waals surface area (Å²) in [5, 5.41) is 13.8. The van der Waals surface area contributed by atoms with Gasteiger partial charge < -0.3 is 19.5 Å². The van der Waals surface area contributed by atoms with Crippen molar-refractivity contribution >= 4 is 11.6 Å². The van der Waals surface area contributed by atoms with Crippen molar-refractivity contribution in [2.75, 3.05) is 13.7 Å². The van der Waals surface area contributed by atoms with Crippen molar-refractivity contribution in [1.82, 2.24) is 5.32 Å². The first-order valence-corrected chi connectivity index (χ1v) is 8.17. The maximum Gasteiger partial charge on any atom is 0.387 e. The molecule has 2 rings (SSSR count). The third-order valence-electron chi connectivity index (χ3n) is 3.65. The van der Waals surface area contributed by atoms with Crippen LogP contribution in [0, 0.1) is 10.1 Å². The van der Waals surface area contributed by atoms with Crippen molar-refractivity contribution in [1.29, 1.82) is 0 Å². The minimum atomic E-state index is -3.02. The van der Waals surface area contributed by atoms with Gasteiger partial charge in [0.15, 0.2) is 11.5 Å². The summed E-state index contributed by atoms with van der Waals surface area (Å²) in [6, 6.07) is 8.21. The van der Waals surface area contributed by atoms with Gasteiger partial charge in [-0.1, -0.05) is 18.2 Å². The fraction of sp³-hybridized carbons (Fsp3) is 0.278. The van der Waals surface area contributed by atoms with E-state index in [-0.39, 0.29) is 41.5 Å². The van der Waals surface area contributed by atoms with E-state index in [2.05, 4.69) is 10.1 Å². The van der Waals surface area contributed by atoms with E-state index in [0.717, 1.165) is 6.07 Å². The first kappa shape index (κ1) is 20.9. The molecule has 2 aromatic rings. The molecule has 0 aliphatic rings. The minimum Gasteiger partial charge on any atom is -0.493 e. The van der Waals surface area contributed by atoms with E-state index in [1.807, 2.05) is 0 Å². The van der Waals surface area contributed by atoms with E-state index < -0.39 is 23.1 Å². The highest BCUT2D eigenvalue weighted by Gasteiger charge is 2.25. The van der Waals surface area contributed by atoms with Crippen LogP contribution in [0.4, 0.5) is 14.5 Å². The van der Waals surface area contributed by atoms with E-state index >= 15 is 0 Å². The Labute approximate surface area is 159 Å². The quantitative estimate of drug-likeness (QED) is 0.514. The van der Waals surface area contributed by atoms with E-state index in [1.165, 1.54) is 31.4 Å². The predicted molar refractivity (Wildman–Crippen MR) is 95.1 cm³/mol. The molecular formula is C18H18F2N2O6. The lowest BCUT2D eigenvalue weighted by molar-refractivity contribution is -0.385. The Morgan fingerprint density at radius 2 is 1.93 bits per heavy atom. The van der Waals surface area contributed by atoms with Crippen LogP contribution in [0.3, 0.4) is 0 Å². The summed E-state index contributed by atoms with van der Waals surface area (Å²) < 4.78 is 39.8. The zero-order chi connectivity index (χ0) is 20.7. The van der Waals surface area contributed by atoms with E-state index in [4.69, 9.17) is 9.47 Å². The molecule has 8 nitrogen and oxygen atoms in total. The summed E-state index contributed by atoms with van der Waals surface area (Å²) >= 11 is 0. The van der Waals surface area contributed by atoms with Crippen LogP contribution in [0.15, 0.2) is 36.4 Å². The summed E-state index contributed by atoms with van der Waals surface area (Å²) in [6.07, 6.45) is 0. The van der Waals surface area contributed by atoms with Crippen LogP contribution in [-0.4, -0.2) is 31.2 Å². The van der Waals surface area contributed by atoms with Crippen molar-refractivity contribution in [3.8, 4) is 17.2 Å². The molecule has 0 unspecified atom stereocenters. The number of carbonyl (C=O) groups excluding carboxylic acids is 1. The Hall–Kier alpha value is -3.43. The molecular weight excluding hydrogens is 378 g/mol. The minimum absolute atomic E-state index is 0.100. The number of nitrogens with one attached hydrogen (secondary N) is 1. The summed E-state index contributed by atoms with van der Waals surface area (Å²) in [5.74, 6) is -0.598. The fourth-order valence-electron chi connectivity index (χ4n) is 2.44. The second-order valence-electron chi connectivity index (χ2n) is 5.38. The van der Waals surface area contributed by atoms with Gasteiger partial charge in [0.05, 0.1) is 24.7 Å². The maximum atomic E-state index is 12.5. The van der Waals surface area contributed by atoms with Crippen molar-refractivity contribution in [2.24, 2.45) is 0 Å². The summed E-state index contributed by atoms with van der Waals surface area (Å²) in [4.78, 5) is 23.2. The number of benzene rings is 2. The molecule has 28 heavy (non-hydrogen) atoms. The number of ether oxygens (including phenoxy) is 3. The lowest BCUT2D eigenvalue weighted by Gasteiger charge is -2.13. The molecule has 150 valence electrons. The number of para-hydroxylation sites is 1. The standard InChI is InChI=1S/C18H18F2N2O6/c1-3-27-16-9-13(22(24)25)12(8-15(16)26-2)17(23)21-10-11-6-4-5-7-14(11)28-18(19)20/h4-9,18H,3,10H2,1-2H3,(H,21,23). The summed E-state index contributed by atoms with van der Waals surface area (Å²) in [7, 11) is 1.34. The third kappa shape index (κ3) is 5.06. The van der Waals surface area contributed by atoms with Gasteiger partial charge in [0.1, 0.15) is 11.3 Å². The van der Waals surface area contributed by atoms with E-state index in [0.29, 0.717) is 0 Å². The summed E-state index contributed by atoms with van der Waals surface area (Å²) in [6.45, 7) is -1.24. The molecule has 0 saturated heterocycles. The summed E-state index contributed by atoms with van der Waals surface area (Å²) in [5.41, 5.74) is -0.437. The Morgan fingerprint density at radius 1 is 1.21 bits per heavy atom. The predicted octanol–water partition coefficient (Wildman–Crippen LogP) is 3.53. The number of nitro groups is 1. The number of hydrogen-bond acceptors (Lipinski definition) is 6. The van der Waals surface area contributed by atoms with Crippen LogP contribution in [0.5, 0.6) is 17.2 Å². The van der Waals surface area contributed by atoms with Crippen LogP contribution in [0.2, 0.25) is 0 Å². The average molecular weight is 396 g/mol. The second kappa shape index (κ2) is 9.49. The molecule has 0 fully saturated rings.